The lowest BCUT2D eigenvalue weighted by Gasteiger charge is -2.26. The second-order valence-corrected chi connectivity index (χ2v) is 5.78. The van der Waals surface area contributed by atoms with Crippen LogP contribution < -0.4 is 5.32 Å². The van der Waals surface area contributed by atoms with Crippen molar-refractivity contribution in [1.29, 1.82) is 0 Å². The molecule has 0 spiro atoms. The molecule has 0 bridgehead atoms. The number of rotatable bonds is 4. The van der Waals surface area contributed by atoms with E-state index in [1.54, 1.807) is 0 Å². The number of aromatic nitrogens is 2. The van der Waals surface area contributed by atoms with Crippen LogP contribution in [0.15, 0.2) is 6.07 Å². The largest absolute Gasteiger partial charge is 0.370 e. The number of nitrogens with one attached hydrogen (secondary N) is 1. The van der Waals surface area contributed by atoms with E-state index in [0.29, 0.717) is 0 Å². The van der Waals surface area contributed by atoms with Gasteiger partial charge in [-0.05, 0) is 32.1 Å². The van der Waals surface area contributed by atoms with Crippen LogP contribution in [-0.2, 0) is 0 Å². The molecular weight excluding hydrogens is 222 g/mol. The Morgan fingerprint density at radius 1 is 1.17 bits per heavy atom. The smallest absolute Gasteiger partial charge is 0.129 e. The molecule has 1 aliphatic carbocycles. The Labute approximate surface area is 110 Å². The Morgan fingerprint density at radius 2 is 1.89 bits per heavy atom. The highest BCUT2D eigenvalue weighted by Crippen LogP contribution is 2.30. The highest BCUT2D eigenvalue weighted by molar-refractivity contribution is 5.35. The number of anilines is 1. The Hall–Kier alpha value is -1.12. The summed E-state index contributed by atoms with van der Waals surface area (Å²) in [6.45, 7) is 7.37. The molecule has 3 heteroatoms. The van der Waals surface area contributed by atoms with E-state index in [1.165, 1.54) is 32.1 Å². The van der Waals surface area contributed by atoms with E-state index in [1.807, 2.05) is 19.9 Å². The van der Waals surface area contributed by atoms with Gasteiger partial charge >= 0.3 is 0 Å². The van der Waals surface area contributed by atoms with Gasteiger partial charge in [-0.2, -0.15) is 0 Å². The number of aryl methyl sites for hydroxylation is 2. The molecule has 18 heavy (non-hydrogen) atoms. The van der Waals surface area contributed by atoms with Crippen molar-refractivity contribution >= 4 is 5.82 Å². The molecule has 100 valence electrons. The summed E-state index contributed by atoms with van der Waals surface area (Å²) in [6, 6.07) is 2.02. The molecule has 0 aliphatic heterocycles. The summed E-state index contributed by atoms with van der Waals surface area (Å²) in [5.74, 6) is 3.69. The van der Waals surface area contributed by atoms with E-state index in [9.17, 15) is 0 Å². The number of hydrogen-bond acceptors (Lipinski definition) is 3. The van der Waals surface area contributed by atoms with Gasteiger partial charge in [0.25, 0.3) is 0 Å². The van der Waals surface area contributed by atoms with Crippen LogP contribution >= 0.6 is 0 Å². The van der Waals surface area contributed by atoms with Gasteiger partial charge in [-0.1, -0.05) is 32.6 Å². The van der Waals surface area contributed by atoms with Crippen molar-refractivity contribution in [2.24, 2.45) is 11.8 Å². The maximum Gasteiger partial charge on any atom is 0.129 e. The Kier molecular flexibility index (Phi) is 4.56. The molecule has 0 radical (unpaired) electrons. The van der Waals surface area contributed by atoms with Gasteiger partial charge in [0.15, 0.2) is 0 Å². The third-order valence-corrected chi connectivity index (χ3v) is 3.96. The first-order valence-electron chi connectivity index (χ1n) is 7.19. The molecule has 0 aromatic carbocycles. The van der Waals surface area contributed by atoms with Crippen molar-refractivity contribution in [2.75, 3.05) is 11.9 Å². The summed E-state index contributed by atoms with van der Waals surface area (Å²) >= 11 is 0. The fraction of sp³-hybridized carbons (Fsp3) is 0.733. The summed E-state index contributed by atoms with van der Waals surface area (Å²) in [5.41, 5.74) is 1.04. The van der Waals surface area contributed by atoms with Crippen molar-refractivity contribution in [3.8, 4) is 0 Å². The van der Waals surface area contributed by atoms with Gasteiger partial charge in [-0.25, -0.2) is 9.97 Å². The molecule has 1 aromatic heterocycles. The van der Waals surface area contributed by atoms with Crippen LogP contribution in [0.1, 0.15) is 50.5 Å². The van der Waals surface area contributed by atoms with Gasteiger partial charge in [0.05, 0.1) is 0 Å². The summed E-state index contributed by atoms with van der Waals surface area (Å²) in [7, 11) is 0. The molecule has 2 rings (SSSR count). The van der Waals surface area contributed by atoms with Gasteiger partial charge in [0, 0.05) is 18.3 Å². The molecule has 1 aliphatic rings. The lowest BCUT2D eigenvalue weighted by molar-refractivity contribution is 0.282. The molecule has 0 atom stereocenters. The average Bonchev–Trinajstić information content (AvgIpc) is 2.30. The zero-order valence-electron chi connectivity index (χ0n) is 11.9. The molecule has 1 N–H and O–H groups in total. The molecule has 0 saturated heterocycles. The van der Waals surface area contributed by atoms with Crippen molar-refractivity contribution in [3.05, 3.63) is 17.6 Å². The maximum atomic E-state index is 4.41. The van der Waals surface area contributed by atoms with Crippen LogP contribution in [-0.4, -0.2) is 16.5 Å². The number of hydrogen-bond donors (Lipinski definition) is 1. The fourth-order valence-corrected chi connectivity index (χ4v) is 2.83. The van der Waals surface area contributed by atoms with Crippen LogP contribution in [0.2, 0.25) is 0 Å². The molecule has 1 aromatic rings. The van der Waals surface area contributed by atoms with E-state index in [2.05, 4.69) is 22.2 Å². The summed E-state index contributed by atoms with van der Waals surface area (Å²) in [5, 5.41) is 3.43. The Balaban J connectivity index is 1.74. The molecule has 3 nitrogen and oxygen atoms in total. The van der Waals surface area contributed by atoms with Crippen LogP contribution in [0, 0.1) is 25.7 Å². The SMILES string of the molecule is Cc1cc(NCCC2CCC(C)CC2)nc(C)n1. The van der Waals surface area contributed by atoms with Crippen LogP contribution in [0.3, 0.4) is 0 Å². The lowest BCUT2D eigenvalue weighted by Crippen LogP contribution is -2.16. The first-order chi connectivity index (χ1) is 8.63. The van der Waals surface area contributed by atoms with Gasteiger partial charge in [0.1, 0.15) is 11.6 Å². The lowest BCUT2D eigenvalue weighted by atomic mass is 9.81. The highest BCUT2D eigenvalue weighted by Gasteiger charge is 2.17. The van der Waals surface area contributed by atoms with Crippen LogP contribution in [0.4, 0.5) is 5.82 Å². The molecule has 1 saturated carbocycles. The predicted molar refractivity (Wildman–Crippen MR) is 75.7 cm³/mol. The normalized spacial score (nSPS) is 23.9. The van der Waals surface area contributed by atoms with E-state index in [-0.39, 0.29) is 0 Å². The summed E-state index contributed by atoms with van der Waals surface area (Å²) < 4.78 is 0. The first-order valence-corrected chi connectivity index (χ1v) is 7.19. The third-order valence-electron chi connectivity index (χ3n) is 3.96. The minimum Gasteiger partial charge on any atom is -0.370 e. The quantitative estimate of drug-likeness (QED) is 0.881. The van der Waals surface area contributed by atoms with Crippen molar-refractivity contribution in [2.45, 2.75) is 52.9 Å². The standard InChI is InChI=1S/C15H25N3/c1-11-4-6-14(7-5-11)8-9-16-15-10-12(2)17-13(3)18-15/h10-11,14H,4-9H2,1-3H3,(H,16,17,18). The Bertz CT molecular complexity index is 361. The second kappa shape index (κ2) is 6.17. The van der Waals surface area contributed by atoms with Gasteiger partial charge in [0.2, 0.25) is 0 Å². The van der Waals surface area contributed by atoms with Gasteiger partial charge in [-0.15, -0.1) is 0 Å². The van der Waals surface area contributed by atoms with E-state index in [4.69, 9.17) is 0 Å². The molecule has 0 amide bonds. The average molecular weight is 247 g/mol. The van der Waals surface area contributed by atoms with Crippen molar-refractivity contribution < 1.29 is 0 Å². The molecular formula is C15H25N3. The monoisotopic (exact) mass is 247 g/mol. The zero-order valence-corrected chi connectivity index (χ0v) is 11.9. The van der Waals surface area contributed by atoms with E-state index in [0.717, 1.165) is 35.7 Å². The maximum absolute atomic E-state index is 4.41. The molecule has 1 fully saturated rings. The Morgan fingerprint density at radius 3 is 2.56 bits per heavy atom. The minimum absolute atomic E-state index is 0.851. The highest BCUT2D eigenvalue weighted by atomic mass is 15.0. The van der Waals surface area contributed by atoms with E-state index >= 15 is 0 Å². The molecule has 0 unspecified atom stereocenters. The van der Waals surface area contributed by atoms with Crippen molar-refractivity contribution in [1.82, 2.24) is 9.97 Å². The second-order valence-electron chi connectivity index (χ2n) is 5.78. The van der Waals surface area contributed by atoms with Gasteiger partial charge in [-0.3, -0.25) is 0 Å². The molecule has 1 heterocycles. The first kappa shape index (κ1) is 13.3. The van der Waals surface area contributed by atoms with Crippen LogP contribution in [0.5, 0.6) is 0 Å². The van der Waals surface area contributed by atoms with Gasteiger partial charge < -0.3 is 5.32 Å². The minimum atomic E-state index is 0.851. The van der Waals surface area contributed by atoms with Crippen LogP contribution in [0.25, 0.3) is 0 Å². The summed E-state index contributed by atoms with van der Waals surface area (Å²) in [6.07, 6.45) is 6.91. The topological polar surface area (TPSA) is 37.8 Å². The number of nitrogens with zero attached hydrogens (tertiary/aromatic N) is 2. The predicted octanol–water partition coefficient (Wildman–Crippen LogP) is 3.72. The fourth-order valence-electron chi connectivity index (χ4n) is 2.83. The summed E-state index contributed by atoms with van der Waals surface area (Å²) in [4.78, 5) is 8.70. The van der Waals surface area contributed by atoms with Crippen molar-refractivity contribution in [3.63, 3.8) is 0 Å². The third kappa shape index (κ3) is 3.97. The zero-order chi connectivity index (χ0) is 13.0. The van der Waals surface area contributed by atoms with E-state index < -0.39 is 0 Å².